The normalized spacial score (nSPS) is 15.6. The molecule has 0 saturated heterocycles. The summed E-state index contributed by atoms with van der Waals surface area (Å²) in [5.74, 6) is -0.842. The first-order chi connectivity index (χ1) is 11.6. The number of carbonyl (C=O) groups is 1. The van der Waals surface area contributed by atoms with Gasteiger partial charge in [-0.3, -0.25) is 0 Å². The van der Waals surface area contributed by atoms with Crippen LogP contribution in [-0.4, -0.2) is 21.7 Å². The summed E-state index contributed by atoms with van der Waals surface area (Å²) >= 11 is 0. The lowest BCUT2D eigenvalue weighted by molar-refractivity contribution is 0.0694. The van der Waals surface area contributed by atoms with E-state index in [1.165, 1.54) is 32.1 Å². The molecule has 128 valence electrons. The number of nitrogens with one attached hydrogen (secondary N) is 1. The van der Waals surface area contributed by atoms with Crippen molar-refractivity contribution in [2.24, 2.45) is 0 Å². The SMILES string of the molecule is Cc1c(CNC2CCCCC2)c(C(=O)O)c(C)n1-c1ccccc1. The molecular weight excluding hydrogens is 300 g/mol. The van der Waals surface area contributed by atoms with Gasteiger partial charge >= 0.3 is 5.97 Å². The van der Waals surface area contributed by atoms with Gasteiger partial charge in [0.2, 0.25) is 0 Å². The highest BCUT2D eigenvalue weighted by molar-refractivity contribution is 5.91. The lowest BCUT2D eigenvalue weighted by atomic mass is 9.95. The first kappa shape index (κ1) is 16.8. The van der Waals surface area contributed by atoms with Gasteiger partial charge in [-0.1, -0.05) is 37.5 Å². The zero-order valence-electron chi connectivity index (χ0n) is 14.5. The number of carboxylic acids is 1. The first-order valence-corrected chi connectivity index (χ1v) is 8.82. The van der Waals surface area contributed by atoms with E-state index >= 15 is 0 Å². The molecule has 1 fully saturated rings. The summed E-state index contributed by atoms with van der Waals surface area (Å²) < 4.78 is 2.06. The van der Waals surface area contributed by atoms with Gasteiger partial charge in [0.05, 0.1) is 5.56 Å². The minimum atomic E-state index is -0.842. The molecule has 0 spiro atoms. The van der Waals surface area contributed by atoms with Crippen molar-refractivity contribution >= 4 is 5.97 Å². The predicted molar refractivity (Wildman–Crippen MR) is 95.9 cm³/mol. The average Bonchev–Trinajstić information content (AvgIpc) is 2.85. The topological polar surface area (TPSA) is 54.3 Å². The van der Waals surface area contributed by atoms with E-state index in [-0.39, 0.29) is 0 Å². The minimum absolute atomic E-state index is 0.444. The zero-order chi connectivity index (χ0) is 17.1. The van der Waals surface area contributed by atoms with Gasteiger partial charge in [-0.2, -0.15) is 0 Å². The van der Waals surface area contributed by atoms with Crippen LogP contribution in [0.4, 0.5) is 0 Å². The zero-order valence-corrected chi connectivity index (χ0v) is 14.5. The summed E-state index contributed by atoms with van der Waals surface area (Å²) in [7, 11) is 0. The third-order valence-corrected chi connectivity index (χ3v) is 5.17. The Labute approximate surface area is 143 Å². The molecule has 0 unspecified atom stereocenters. The summed E-state index contributed by atoms with van der Waals surface area (Å²) in [6.07, 6.45) is 6.25. The number of hydrogen-bond acceptors (Lipinski definition) is 2. The smallest absolute Gasteiger partial charge is 0.337 e. The Morgan fingerprint density at radius 2 is 1.79 bits per heavy atom. The van der Waals surface area contributed by atoms with Gasteiger partial charge in [0.25, 0.3) is 0 Å². The molecule has 4 nitrogen and oxygen atoms in total. The molecule has 1 aliphatic rings. The first-order valence-electron chi connectivity index (χ1n) is 8.82. The molecule has 2 aromatic rings. The van der Waals surface area contributed by atoms with Crippen LogP contribution < -0.4 is 5.32 Å². The molecule has 0 aliphatic heterocycles. The van der Waals surface area contributed by atoms with Crippen LogP contribution in [-0.2, 0) is 6.54 Å². The maximum absolute atomic E-state index is 11.8. The maximum atomic E-state index is 11.8. The minimum Gasteiger partial charge on any atom is -0.478 e. The van der Waals surface area contributed by atoms with E-state index in [1.54, 1.807) is 0 Å². The predicted octanol–water partition coefficient (Wildman–Crippen LogP) is 4.21. The highest BCUT2D eigenvalue weighted by atomic mass is 16.4. The third kappa shape index (κ3) is 3.24. The lowest BCUT2D eigenvalue weighted by Gasteiger charge is -2.23. The Balaban J connectivity index is 1.94. The summed E-state index contributed by atoms with van der Waals surface area (Å²) in [5, 5.41) is 13.3. The van der Waals surface area contributed by atoms with Gasteiger partial charge in [-0.15, -0.1) is 0 Å². The van der Waals surface area contributed by atoms with Gasteiger partial charge in [-0.25, -0.2) is 4.79 Å². The third-order valence-electron chi connectivity index (χ3n) is 5.17. The Kier molecular flexibility index (Phi) is 5.05. The Morgan fingerprint density at radius 3 is 2.42 bits per heavy atom. The van der Waals surface area contributed by atoms with Crippen LogP contribution in [0, 0.1) is 13.8 Å². The fraction of sp³-hybridized carbons (Fsp3) is 0.450. The monoisotopic (exact) mass is 326 g/mol. The van der Waals surface area contributed by atoms with E-state index in [9.17, 15) is 9.90 Å². The lowest BCUT2D eigenvalue weighted by Crippen LogP contribution is -2.31. The van der Waals surface area contributed by atoms with Crippen molar-refractivity contribution in [2.45, 2.75) is 58.5 Å². The highest BCUT2D eigenvalue weighted by Crippen LogP contribution is 2.27. The molecule has 24 heavy (non-hydrogen) atoms. The number of benzene rings is 1. The summed E-state index contributed by atoms with van der Waals surface area (Å²) in [5.41, 5.74) is 4.18. The molecule has 1 heterocycles. The summed E-state index contributed by atoms with van der Waals surface area (Å²) in [6.45, 7) is 4.54. The Hall–Kier alpha value is -2.07. The molecule has 0 atom stereocenters. The number of nitrogens with zero attached hydrogens (tertiary/aromatic N) is 1. The number of hydrogen-bond donors (Lipinski definition) is 2. The number of carboxylic acid groups (broad SMARTS) is 1. The molecule has 0 radical (unpaired) electrons. The van der Waals surface area contributed by atoms with Crippen molar-refractivity contribution < 1.29 is 9.90 Å². The van der Waals surface area contributed by atoms with Crippen molar-refractivity contribution in [2.75, 3.05) is 0 Å². The molecule has 2 N–H and O–H groups in total. The van der Waals surface area contributed by atoms with Crippen LogP contribution in [0.5, 0.6) is 0 Å². The molecule has 1 aromatic heterocycles. The van der Waals surface area contributed by atoms with Crippen LogP contribution in [0.1, 0.15) is 59.4 Å². The second kappa shape index (κ2) is 7.22. The van der Waals surface area contributed by atoms with Crippen molar-refractivity contribution in [3.63, 3.8) is 0 Å². The van der Waals surface area contributed by atoms with E-state index in [4.69, 9.17) is 0 Å². The standard InChI is InChI=1S/C20H26N2O2/c1-14-18(13-21-16-9-5-3-6-10-16)19(20(23)24)15(2)22(14)17-11-7-4-8-12-17/h4,7-8,11-12,16,21H,3,5-6,9-10,13H2,1-2H3,(H,23,24). The maximum Gasteiger partial charge on any atom is 0.337 e. The highest BCUT2D eigenvalue weighted by Gasteiger charge is 2.24. The molecule has 1 aliphatic carbocycles. The molecule has 0 amide bonds. The van der Waals surface area contributed by atoms with Crippen LogP contribution in [0.3, 0.4) is 0 Å². The van der Waals surface area contributed by atoms with Crippen LogP contribution >= 0.6 is 0 Å². The van der Waals surface area contributed by atoms with E-state index in [2.05, 4.69) is 9.88 Å². The molecule has 4 heteroatoms. The number of aromatic nitrogens is 1. The number of aromatic carboxylic acids is 1. The van der Waals surface area contributed by atoms with Crippen LogP contribution in [0.15, 0.2) is 30.3 Å². The molecular formula is C20H26N2O2. The fourth-order valence-electron chi connectivity index (χ4n) is 3.92. The fourth-order valence-corrected chi connectivity index (χ4v) is 3.92. The summed E-state index contributed by atoms with van der Waals surface area (Å²) in [6, 6.07) is 10.5. The van der Waals surface area contributed by atoms with Gasteiger partial charge in [0.15, 0.2) is 0 Å². The van der Waals surface area contributed by atoms with Gasteiger partial charge in [0.1, 0.15) is 0 Å². The summed E-state index contributed by atoms with van der Waals surface area (Å²) in [4.78, 5) is 11.8. The van der Waals surface area contributed by atoms with E-state index in [1.807, 2.05) is 44.2 Å². The van der Waals surface area contributed by atoms with Gasteiger partial charge in [-0.05, 0) is 38.8 Å². The second-order valence-corrected chi connectivity index (χ2v) is 6.72. The Morgan fingerprint density at radius 1 is 1.12 bits per heavy atom. The Bertz CT molecular complexity index is 713. The van der Waals surface area contributed by atoms with Crippen molar-refractivity contribution in [1.82, 2.24) is 9.88 Å². The van der Waals surface area contributed by atoms with E-state index in [0.29, 0.717) is 18.2 Å². The quantitative estimate of drug-likeness (QED) is 0.865. The average molecular weight is 326 g/mol. The van der Waals surface area contributed by atoms with Gasteiger partial charge in [0, 0.05) is 35.2 Å². The van der Waals surface area contributed by atoms with E-state index in [0.717, 1.165) is 22.6 Å². The largest absolute Gasteiger partial charge is 0.478 e. The molecule has 1 saturated carbocycles. The second-order valence-electron chi connectivity index (χ2n) is 6.72. The van der Waals surface area contributed by atoms with Crippen molar-refractivity contribution in [1.29, 1.82) is 0 Å². The number of rotatable bonds is 5. The van der Waals surface area contributed by atoms with E-state index < -0.39 is 5.97 Å². The van der Waals surface area contributed by atoms with Gasteiger partial charge < -0.3 is 15.0 Å². The number of para-hydroxylation sites is 1. The molecule has 3 rings (SSSR count). The molecule has 1 aromatic carbocycles. The van der Waals surface area contributed by atoms with Crippen LogP contribution in [0.25, 0.3) is 5.69 Å². The van der Waals surface area contributed by atoms with Crippen molar-refractivity contribution in [3.05, 3.63) is 52.8 Å². The van der Waals surface area contributed by atoms with Crippen LogP contribution in [0.2, 0.25) is 0 Å². The molecule has 0 bridgehead atoms. The van der Waals surface area contributed by atoms with Crippen molar-refractivity contribution in [3.8, 4) is 5.69 Å².